The van der Waals surface area contributed by atoms with Crippen LogP contribution in [0.1, 0.15) is 36.3 Å². The predicted molar refractivity (Wildman–Crippen MR) is 65.0 cm³/mol. The van der Waals surface area contributed by atoms with Gasteiger partial charge in [0, 0.05) is 12.0 Å². The van der Waals surface area contributed by atoms with Gasteiger partial charge in [-0.25, -0.2) is 0 Å². The first-order valence-corrected chi connectivity index (χ1v) is 6.21. The lowest BCUT2D eigenvalue weighted by atomic mass is 9.87. The molecule has 0 aromatic heterocycles. The second-order valence-electron chi connectivity index (χ2n) is 5.30. The molecule has 2 nitrogen and oxygen atoms in total. The topological polar surface area (TPSA) is 24.4 Å². The van der Waals surface area contributed by atoms with Crippen molar-refractivity contribution < 1.29 is 0 Å². The van der Waals surface area contributed by atoms with Gasteiger partial charge in [0.2, 0.25) is 0 Å². The molecule has 1 fully saturated rings. The molecule has 1 unspecified atom stereocenters. The summed E-state index contributed by atoms with van der Waals surface area (Å²) in [5, 5.41) is 3.50. The number of nitrogens with one attached hydrogen (secondary N) is 1. The fourth-order valence-electron chi connectivity index (χ4n) is 3.82. The van der Waals surface area contributed by atoms with Crippen LogP contribution >= 0.6 is 0 Å². The van der Waals surface area contributed by atoms with Crippen molar-refractivity contribution in [3.8, 4) is 0 Å². The molecule has 2 aliphatic carbocycles. The van der Waals surface area contributed by atoms with Crippen LogP contribution in [-0.2, 0) is 0 Å². The van der Waals surface area contributed by atoms with Crippen molar-refractivity contribution in [2.75, 3.05) is 13.1 Å². The fraction of sp³-hybridized carbons (Fsp3) is 0.500. The van der Waals surface area contributed by atoms with Crippen LogP contribution in [0.25, 0.3) is 0 Å². The van der Waals surface area contributed by atoms with Crippen molar-refractivity contribution in [1.29, 1.82) is 0 Å². The molecule has 1 aliphatic heterocycles. The highest BCUT2D eigenvalue weighted by atomic mass is 15.1. The zero-order chi connectivity index (χ0) is 10.8. The fourth-order valence-corrected chi connectivity index (χ4v) is 3.82. The van der Waals surface area contributed by atoms with Crippen LogP contribution in [-0.4, -0.2) is 18.9 Å². The molecule has 1 aromatic rings. The molecular formula is C14H16N2. The molecule has 3 atom stereocenters. The average Bonchev–Trinajstić information content (AvgIpc) is 2.73. The summed E-state index contributed by atoms with van der Waals surface area (Å²) >= 11 is 0. The average molecular weight is 212 g/mol. The monoisotopic (exact) mass is 212 g/mol. The lowest BCUT2D eigenvalue weighted by molar-refractivity contribution is 0.568. The van der Waals surface area contributed by atoms with Crippen molar-refractivity contribution in [2.24, 2.45) is 10.4 Å². The number of hydrogen-bond acceptors (Lipinski definition) is 2. The van der Waals surface area contributed by atoms with E-state index in [4.69, 9.17) is 0 Å². The zero-order valence-electron chi connectivity index (χ0n) is 9.53. The quantitative estimate of drug-likeness (QED) is 0.758. The summed E-state index contributed by atoms with van der Waals surface area (Å²) < 4.78 is 0. The molecule has 2 heteroatoms. The summed E-state index contributed by atoms with van der Waals surface area (Å²) in [6, 6.07) is 8.94. The number of rotatable bonds is 1. The maximum Gasteiger partial charge on any atom is 0.104 e. The van der Waals surface area contributed by atoms with Gasteiger partial charge in [-0.05, 0) is 29.4 Å². The summed E-state index contributed by atoms with van der Waals surface area (Å²) in [6.45, 7) is 4.37. The van der Waals surface area contributed by atoms with Gasteiger partial charge in [-0.15, -0.1) is 0 Å². The Morgan fingerprint density at radius 1 is 1.31 bits per heavy atom. The lowest BCUT2D eigenvalue weighted by Crippen LogP contribution is -2.31. The van der Waals surface area contributed by atoms with Gasteiger partial charge in [0.15, 0.2) is 0 Å². The van der Waals surface area contributed by atoms with Crippen molar-refractivity contribution in [1.82, 2.24) is 5.32 Å². The van der Waals surface area contributed by atoms with Crippen LogP contribution < -0.4 is 5.32 Å². The van der Waals surface area contributed by atoms with Gasteiger partial charge in [0.05, 0.1) is 6.54 Å². The van der Waals surface area contributed by atoms with Crippen LogP contribution in [0, 0.1) is 5.41 Å². The third-order valence-corrected chi connectivity index (χ3v) is 4.73. The van der Waals surface area contributed by atoms with Gasteiger partial charge < -0.3 is 5.32 Å². The summed E-state index contributed by atoms with van der Waals surface area (Å²) in [5.74, 6) is 2.67. The summed E-state index contributed by atoms with van der Waals surface area (Å²) in [4.78, 5) is 4.67. The standard InChI is InChI=1S/C14H16N2/c1-9-10-4-2-3-5-11(10)12-8-14(9,12)13-15-6-7-16-13/h2-5,9,12H,6-8H2,1H3,(H,15,16)/t9-,12?,14+/m0/s1. The minimum absolute atomic E-state index is 0.347. The Balaban J connectivity index is 1.83. The number of aliphatic imine (C=N–C) groups is 1. The van der Waals surface area contributed by atoms with Crippen LogP contribution in [0.2, 0.25) is 0 Å². The number of benzene rings is 1. The molecule has 3 aliphatic rings. The molecule has 1 heterocycles. The second kappa shape index (κ2) is 2.68. The maximum absolute atomic E-state index is 4.67. The number of amidine groups is 1. The minimum atomic E-state index is 0.347. The Bertz CT molecular complexity index is 476. The molecule has 4 rings (SSSR count). The molecule has 1 N–H and O–H groups in total. The van der Waals surface area contributed by atoms with Crippen LogP contribution in [0.4, 0.5) is 0 Å². The van der Waals surface area contributed by atoms with E-state index in [0.717, 1.165) is 19.0 Å². The highest BCUT2D eigenvalue weighted by Crippen LogP contribution is 2.72. The SMILES string of the molecule is C[C@H]1c2ccccc2C2C[C@]21C1=NCCN1. The molecule has 0 spiro atoms. The predicted octanol–water partition coefficient (Wildman–Crippen LogP) is 2.28. The van der Waals surface area contributed by atoms with E-state index in [1.165, 1.54) is 12.3 Å². The molecule has 0 bridgehead atoms. The zero-order valence-corrected chi connectivity index (χ0v) is 9.53. The molecule has 0 radical (unpaired) electrons. The van der Waals surface area contributed by atoms with E-state index in [1.807, 2.05) is 0 Å². The number of nitrogens with zero attached hydrogens (tertiary/aromatic N) is 1. The molecule has 0 amide bonds. The molecular weight excluding hydrogens is 196 g/mol. The number of fused-ring (bicyclic) bond motifs is 3. The van der Waals surface area contributed by atoms with E-state index in [-0.39, 0.29) is 0 Å². The van der Waals surface area contributed by atoms with E-state index >= 15 is 0 Å². The van der Waals surface area contributed by atoms with Gasteiger partial charge in [0.25, 0.3) is 0 Å². The van der Waals surface area contributed by atoms with Gasteiger partial charge >= 0.3 is 0 Å². The lowest BCUT2D eigenvalue weighted by Gasteiger charge is -2.20. The Hall–Kier alpha value is -1.31. The summed E-state index contributed by atoms with van der Waals surface area (Å²) in [5.41, 5.74) is 3.47. The summed E-state index contributed by atoms with van der Waals surface area (Å²) in [7, 11) is 0. The van der Waals surface area contributed by atoms with Gasteiger partial charge in [0.1, 0.15) is 5.84 Å². The third kappa shape index (κ3) is 0.831. The highest BCUT2D eigenvalue weighted by Gasteiger charge is 2.66. The largest absolute Gasteiger partial charge is 0.371 e. The van der Waals surface area contributed by atoms with Crippen molar-refractivity contribution in [3.05, 3.63) is 35.4 Å². The van der Waals surface area contributed by atoms with Gasteiger partial charge in [-0.2, -0.15) is 0 Å². The van der Waals surface area contributed by atoms with Gasteiger partial charge in [-0.3, -0.25) is 4.99 Å². The molecule has 16 heavy (non-hydrogen) atoms. The van der Waals surface area contributed by atoms with E-state index in [9.17, 15) is 0 Å². The summed E-state index contributed by atoms with van der Waals surface area (Å²) in [6.07, 6.45) is 1.30. The molecule has 1 saturated carbocycles. The van der Waals surface area contributed by atoms with Crippen LogP contribution in [0.3, 0.4) is 0 Å². The molecule has 82 valence electrons. The maximum atomic E-state index is 4.67. The van der Waals surface area contributed by atoms with E-state index in [1.54, 1.807) is 11.1 Å². The van der Waals surface area contributed by atoms with Gasteiger partial charge in [-0.1, -0.05) is 31.2 Å². The third-order valence-electron chi connectivity index (χ3n) is 4.73. The normalized spacial score (nSPS) is 38.7. The first kappa shape index (κ1) is 8.80. The Morgan fingerprint density at radius 3 is 2.81 bits per heavy atom. The van der Waals surface area contributed by atoms with Crippen molar-refractivity contribution in [3.63, 3.8) is 0 Å². The second-order valence-corrected chi connectivity index (χ2v) is 5.30. The molecule has 1 aromatic carbocycles. The first-order chi connectivity index (χ1) is 7.84. The van der Waals surface area contributed by atoms with Crippen LogP contribution in [0.5, 0.6) is 0 Å². The van der Waals surface area contributed by atoms with Crippen LogP contribution in [0.15, 0.2) is 29.3 Å². The first-order valence-electron chi connectivity index (χ1n) is 6.21. The Labute approximate surface area is 95.8 Å². The smallest absolute Gasteiger partial charge is 0.104 e. The molecule has 0 saturated heterocycles. The van der Waals surface area contributed by atoms with E-state index in [0.29, 0.717) is 11.3 Å². The van der Waals surface area contributed by atoms with Crippen molar-refractivity contribution in [2.45, 2.75) is 25.2 Å². The van der Waals surface area contributed by atoms with Crippen molar-refractivity contribution >= 4 is 5.84 Å². The van der Waals surface area contributed by atoms with E-state index in [2.05, 4.69) is 41.5 Å². The highest BCUT2D eigenvalue weighted by molar-refractivity contribution is 5.96. The minimum Gasteiger partial charge on any atom is -0.371 e. The van der Waals surface area contributed by atoms with E-state index < -0.39 is 0 Å². The number of hydrogen-bond donors (Lipinski definition) is 1. The Morgan fingerprint density at radius 2 is 2.12 bits per heavy atom. The Kier molecular flexibility index (Phi) is 1.47.